The van der Waals surface area contributed by atoms with E-state index in [9.17, 15) is 18.8 Å². The molecule has 2 aromatic carbocycles. The number of anilines is 2. The lowest BCUT2D eigenvalue weighted by molar-refractivity contribution is -0.119. The quantitative estimate of drug-likeness (QED) is 0.553. The number of benzene rings is 2. The molecule has 10 heteroatoms. The first-order valence-electron chi connectivity index (χ1n) is 9.50. The van der Waals surface area contributed by atoms with Crippen molar-refractivity contribution in [2.45, 2.75) is 25.8 Å². The fraction of sp³-hybridized carbons (Fsp3) is 0.238. The molecule has 0 radical (unpaired) electrons. The predicted molar refractivity (Wildman–Crippen MR) is 119 cm³/mol. The van der Waals surface area contributed by atoms with Gasteiger partial charge in [-0.2, -0.15) is 5.10 Å². The highest BCUT2D eigenvalue weighted by Crippen LogP contribution is 2.25. The van der Waals surface area contributed by atoms with Crippen molar-refractivity contribution in [3.8, 4) is 0 Å². The molecule has 0 bridgehead atoms. The fourth-order valence-electron chi connectivity index (χ4n) is 3.03. The molecule has 0 spiro atoms. The maximum absolute atomic E-state index is 13.2. The number of nitrogens with one attached hydrogen (secondary N) is 2. The molecule has 4 N–H and O–H groups in total. The highest BCUT2D eigenvalue weighted by molar-refractivity contribution is 9.10. The second-order valence-electron chi connectivity index (χ2n) is 7.00. The van der Waals surface area contributed by atoms with Crippen LogP contribution in [0.5, 0.6) is 0 Å². The first kappa shape index (κ1) is 22.4. The Morgan fingerprint density at radius 3 is 2.61 bits per heavy atom. The van der Waals surface area contributed by atoms with Crippen LogP contribution in [-0.2, 0) is 14.4 Å². The molecule has 8 nitrogen and oxygen atoms in total. The number of amides is 3. The van der Waals surface area contributed by atoms with Gasteiger partial charge in [0.1, 0.15) is 17.6 Å². The van der Waals surface area contributed by atoms with Crippen LogP contribution >= 0.6 is 15.9 Å². The molecule has 0 saturated heterocycles. The third-order valence-corrected chi connectivity index (χ3v) is 5.20. The normalized spacial score (nSPS) is 15.4. The minimum absolute atomic E-state index is 0.0158. The fourth-order valence-corrected chi connectivity index (χ4v) is 3.40. The molecule has 1 heterocycles. The van der Waals surface area contributed by atoms with Gasteiger partial charge in [-0.1, -0.05) is 22.0 Å². The van der Waals surface area contributed by atoms with Crippen LogP contribution in [0.15, 0.2) is 52.0 Å². The van der Waals surface area contributed by atoms with E-state index in [0.717, 1.165) is 10.0 Å². The molecule has 3 rings (SSSR count). The van der Waals surface area contributed by atoms with Crippen LogP contribution in [0.1, 0.15) is 18.4 Å². The van der Waals surface area contributed by atoms with Crippen LogP contribution < -0.4 is 21.4 Å². The van der Waals surface area contributed by atoms with Gasteiger partial charge in [0.15, 0.2) is 0 Å². The van der Waals surface area contributed by atoms with Crippen LogP contribution in [0, 0.1) is 12.7 Å². The molecule has 0 aromatic heterocycles. The zero-order valence-corrected chi connectivity index (χ0v) is 18.3. The zero-order chi connectivity index (χ0) is 22.5. The largest absolute Gasteiger partial charge is 0.368 e. The molecule has 1 aliphatic rings. The Labute approximate surface area is 186 Å². The SMILES string of the molecule is Cc1ccc(Br)cc1NC(=O)CCNC(=O)C1=NN(c2ccc(F)cc2)C(C(N)=O)C1. The standard InChI is InChI=1S/C21H21BrFN5O3/c1-12-2-3-13(22)10-16(12)26-19(29)8-9-25-21(31)17-11-18(20(24)30)28(27-17)15-6-4-14(23)5-7-15/h2-7,10,18H,8-9,11H2,1H3,(H2,24,30)(H,25,31)(H,26,29). The van der Waals surface area contributed by atoms with Gasteiger partial charge in [0.05, 0.1) is 5.69 Å². The highest BCUT2D eigenvalue weighted by atomic mass is 79.9. The minimum atomic E-state index is -0.853. The molecule has 0 fully saturated rings. The molecule has 2 aromatic rings. The average molecular weight is 490 g/mol. The molecule has 0 saturated carbocycles. The van der Waals surface area contributed by atoms with Crippen molar-refractivity contribution < 1.29 is 18.8 Å². The Bertz CT molecular complexity index is 1040. The summed E-state index contributed by atoms with van der Waals surface area (Å²) >= 11 is 3.36. The Balaban J connectivity index is 1.57. The van der Waals surface area contributed by atoms with Crippen molar-refractivity contribution in [2.24, 2.45) is 10.8 Å². The van der Waals surface area contributed by atoms with Gasteiger partial charge in [-0.05, 0) is 48.9 Å². The Hall–Kier alpha value is -3.27. The van der Waals surface area contributed by atoms with E-state index in [1.54, 1.807) is 6.07 Å². The summed E-state index contributed by atoms with van der Waals surface area (Å²) < 4.78 is 14.0. The van der Waals surface area contributed by atoms with Gasteiger partial charge in [-0.25, -0.2) is 4.39 Å². The van der Waals surface area contributed by atoms with Gasteiger partial charge in [0.25, 0.3) is 5.91 Å². The van der Waals surface area contributed by atoms with Gasteiger partial charge in [-0.15, -0.1) is 0 Å². The molecular formula is C21H21BrFN5O3. The zero-order valence-electron chi connectivity index (χ0n) is 16.7. The third-order valence-electron chi connectivity index (χ3n) is 4.70. The third kappa shape index (κ3) is 5.66. The van der Waals surface area contributed by atoms with E-state index >= 15 is 0 Å². The Morgan fingerprint density at radius 2 is 1.94 bits per heavy atom. The predicted octanol–water partition coefficient (Wildman–Crippen LogP) is 2.46. The van der Waals surface area contributed by atoms with Gasteiger partial charge in [-0.3, -0.25) is 19.4 Å². The summed E-state index contributed by atoms with van der Waals surface area (Å²) in [5.74, 6) is -1.84. The maximum atomic E-state index is 13.2. The molecule has 1 unspecified atom stereocenters. The number of carbonyl (C=O) groups is 3. The molecule has 3 amide bonds. The highest BCUT2D eigenvalue weighted by Gasteiger charge is 2.34. The van der Waals surface area contributed by atoms with Crippen molar-refractivity contribution in [3.05, 3.63) is 58.3 Å². The van der Waals surface area contributed by atoms with Crippen LogP contribution in [0.4, 0.5) is 15.8 Å². The van der Waals surface area contributed by atoms with Gasteiger partial charge in [0.2, 0.25) is 11.8 Å². The number of rotatable bonds is 7. The summed E-state index contributed by atoms with van der Waals surface area (Å²) in [7, 11) is 0. The van der Waals surface area contributed by atoms with Crippen molar-refractivity contribution in [3.63, 3.8) is 0 Å². The second kappa shape index (κ2) is 9.69. The maximum Gasteiger partial charge on any atom is 0.267 e. The number of hydrogen-bond acceptors (Lipinski definition) is 5. The average Bonchev–Trinajstić information content (AvgIpc) is 3.17. The number of hydrogen-bond donors (Lipinski definition) is 3. The summed E-state index contributed by atoms with van der Waals surface area (Å²) in [6.07, 6.45) is 0.0773. The van der Waals surface area contributed by atoms with Crippen LogP contribution in [-0.4, -0.2) is 36.0 Å². The summed E-state index contributed by atoms with van der Waals surface area (Å²) in [5, 5.41) is 10.9. The first-order chi connectivity index (χ1) is 14.7. The van der Waals surface area contributed by atoms with Crippen LogP contribution in [0.3, 0.4) is 0 Å². The second-order valence-corrected chi connectivity index (χ2v) is 7.92. The lowest BCUT2D eigenvalue weighted by Crippen LogP contribution is -2.40. The molecular weight excluding hydrogens is 469 g/mol. The molecule has 162 valence electrons. The number of nitrogens with two attached hydrogens (primary N) is 1. The molecule has 1 atom stereocenters. The van der Waals surface area contributed by atoms with Gasteiger partial charge >= 0.3 is 0 Å². The van der Waals surface area contributed by atoms with E-state index in [-0.39, 0.29) is 31.0 Å². The topological polar surface area (TPSA) is 117 Å². The number of hydrazone groups is 1. The summed E-state index contributed by atoms with van der Waals surface area (Å²) in [6.45, 7) is 1.97. The Morgan fingerprint density at radius 1 is 1.23 bits per heavy atom. The molecule has 0 aliphatic carbocycles. The number of carbonyl (C=O) groups excluding carboxylic acids is 3. The number of primary amides is 1. The van der Waals surface area contributed by atoms with E-state index in [0.29, 0.717) is 11.4 Å². The number of halogens is 2. The van der Waals surface area contributed by atoms with Gasteiger partial charge in [0, 0.05) is 29.5 Å². The first-order valence-corrected chi connectivity index (χ1v) is 10.3. The van der Waals surface area contributed by atoms with E-state index in [1.165, 1.54) is 29.3 Å². The molecule has 1 aliphatic heterocycles. The molecule has 31 heavy (non-hydrogen) atoms. The lowest BCUT2D eigenvalue weighted by Gasteiger charge is -2.20. The van der Waals surface area contributed by atoms with Crippen molar-refractivity contribution in [1.82, 2.24) is 5.32 Å². The monoisotopic (exact) mass is 489 g/mol. The van der Waals surface area contributed by atoms with E-state index in [1.807, 2.05) is 19.1 Å². The van der Waals surface area contributed by atoms with Crippen molar-refractivity contribution >= 4 is 50.7 Å². The van der Waals surface area contributed by atoms with Crippen molar-refractivity contribution in [1.29, 1.82) is 0 Å². The van der Waals surface area contributed by atoms with E-state index in [2.05, 4.69) is 31.7 Å². The summed E-state index contributed by atoms with van der Waals surface area (Å²) in [4.78, 5) is 36.4. The summed E-state index contributed by atoms with van der Waals surface area (Å²) in [6, 6.07) is 10.1. The smallest absolute Gasteiger partial charge is 0.267 e. The Kier molecular flexibility index (Phi) is 7.01. The van der Waals surface area contributed by atoms with Gasteiger partial charge < -0.3 is 16.4 Å². The van der Waals surface area contributed by atoms with Crippen LogP contribution in [0.25, 0.3) is 0 Å². The van der Waals surface area contributed by atoms with Crippen molar-refractivity contribution in [2.75, 3.05) is 16.9 Å². The number of aryl methyl sites for hydroxylation is 1. The minimum Gasteiger partial charge on any atom is -0.368 e. The van der Waals surface area contributed by atoms with E-state index in [4.69, 9.17) is 5.73 Å². The van der Waals surface area contributed by atoms with Crippen LogP contribution in [0.2, 0.25) is 0 Å². The number of nitrogens with zero attached hydrogens (tertiary/aromatic N) is 2. The summed E-state index contributed by atoms with van der Waals surface area (Å²) in [5.41, 5.74) is 7.59. The van der Waals surface area contributed by atoms with E-state index < -0.39 is 23.7 Å². The lowest BCUT2D eigenvalue weighted by atomic mass is 10.1.